The Morgan fingerprint density at radius 3 is 2.50 bits per heavy atom. The number of amides is 1. The first-order valence-electron chi connectivity index (χ1n) is 12.7. The smallest absolute Gasteiger partial charge is 0.221 e. The van der Waals surface area contributed by atoms with Crippen LogP contribution in [0.25, 0.3) is 0 Å². The van der Waals surface area contributed by atoms with Crippen LogP contribution in [0.15, 0.2) is 36.7 Å². The van der Waals surface area contributed by atoms with Gasteiger partial charge in [-0.05, 0) is 29.8 Å². The number of ether oxygens (including phenoxy) is 4. The summed E-state index contributed by atoms with van der Waals surface area (Å²) in [7, 11) is 5.05. The van der Waals surface area contributed by atoms with Crippen molar-refractivity contribution in [2.45, 2.75) is 18.6 Å². The van der Waals surface area contributed by atoms with Gasteiger partial charge in [-0.15, -0.1) is 0 Å². The zero-order valence-corrected chi connectivity index (χ0v) is 23.9. The molecule has 216 valence electrons. The molecular formula is C27H37N7O5S. The van der Waals surface area contributed by atoms with Crippen LogP contribution in [0.1, 0.15) is 23.2 Å². The van der Waals surface area contributed by atoms with Crippen molar-refractivity contribution >= 4 is 36.0 Å². The molecule has 1 amide bonds. The van der Waals surface area contributed by atoms with Crippen molar-refractivity contribution in [2.24, 2.45) is 0 Å². The highest BCUT2D eigenvalue weighted by Gasteiger charge is 2.16. The minimum Gasteiger partial charge on any atom is -0.493 e. The molecule has 2 heterocycles. The number of carbonyl (C=O) groups excluding carboxylic acids is 1. The second-order valence-corrected chi connectivity index (χ2v) is 9.11. The van der Waals surface area contributed by atoms with Crippen LogP contribution in [0.5, 0.6) is 17.2 Å². The van der Waals surface area contributed by atoms with Crippen molar-refractivity contribution in [3.63, 3.8) is 0 Å². The normalized spacial score (nSPS) is 10.7. The maximum atomic E-state index is 12.2. The predicted octanol–water partition coefficient (Wildman–Crippen LogP) is 2.11. The van der Waals surface area contributed by atoms with Crippen LogP contribution in [0.3, 0.4) is 0 Å². The molecule has 3 rings (SSSR count). The lowest BCUT2D eigenvalue weighted by atomic mass is 10.1. The Balaban J connectivity index is 1.39. The topological polar surface area (TPSA) is 160 Å². The predicted molar refractivity (Wildman–Crippen MR) is 157 cm³/mol. The summed E-state index contributed by atoms with van der Waals surface area (Å²) in [6.07, 6.45) is 4.17. The van der Waals surface area contributed by atoms with Crippen LogP contribution in [0.4, 0.5) is 17.5 Å². The summed E-state index contributed by atoms with van der Waals surface area (Å²) in [4.78, 5) is 26.5. The molecule has 12 nitrogen and oxygen atoms in total. The monoisotopic (exact) mass is 571 g/mol. The van der Waals surface area contributed by atoms with Crippen LogP contribution in [0.2, 0.25) is 0 Å². The maximum absolute atomic E-state index is 12.2. The second kappa shape index (κ2) is 15.6. The molecule has 0 fully saturated rings. The number of pyridine rings is 1. The molecule has 40 heavy (non-hydrogen) atoms. The zero-order valence-electron chi connectivity index (χ0n) is 23.1. The van der Waals surface area contributed by atoms with Crippen LogP contribution < -0.4 is 35.9 Å². The van der Waals surface area contributed by atoms with Crippen LogP contribution in [-0.2, 0) is 21.7 Å². The molecule has 0 radical (unpaired) electrons. The van der Waals surface area contributed by atoms with Gasteiger partial charge < -0.3 is 40.6 Å². The van der Waals surface area contributed by atoms with Gasteiger partial charge in [0.2, 0.25) is 17.6 Å². The summed E-state index contributed by atoms with van der Waals surface area (Å²) in [5, 5.41) is 2.87. The van der Waals surface area contributed by atoms with E-state index in [4.69, 9.17) is 30.4 Å². The van der Waals surface area contributed by atoms with Crippen LogP contribution >= 0.6 is 12.6 Å². The van der Waals surface area contributed by atoms with E-state index in [9.17, 15) is 4.79 Å². The van der Waals surface area contributed by atoms with E-state index in [1.54, 1.807) is 26.6 Å². The fourth-order valence-corrected chi connectivity index (χ4v) is 3.99. The van der Waals surface area contributed by atoms with Gasteiger partial charge in [0.25, 0.3) is 0 Å². The first-order chi connectivity index (χ1) is 19.3. The summed E-state index contributed by atoms with van der Waals surface area (Å²) in [5.41, 5.74) is 15.1. The quantitative estimate of drug-likeness (QED) is 0.147. The average molecular weight is 572 g/mol. The molecule has 0 spiro atoms. The van der Waals surface area contributed by atoms with Gasteiger partial charge in [0, 0.05) is 62.4 Å². The van der Waals surface area contributed by atoms with Crippen molar-refractivity contribution in [3.8, 4) is 17.2 Å². The van der Waals surface area contributed by atoms with Crippen molar-refractivity contribution in [3.05, 3.63) is 53.5 Å². The Bertz CT molecular complexity index is 1240. The Labute approximate surface area is 239 Å². The first-order valence-corrected chi connectivity index (χ1v) is 13.3. The van der Waals surface area contributed by atoms with Gasteiger partial charge in [-0.2, -0.15) is 17.6 Å². The third kappa shape index (κ3) is 9.06. The number of nitrogen functional groups attached to an aromatic ring is 2. The Hall–Kier alpha value is -3.97. The highest BCUT2D eigenvalue weighted by Crippen LogP contribution is 2.39. The maximum Gasteiger partial charge on any atom is 0.221 e. The molecule has 0 aliphatic carbocycles. The lowest BCUT2D eigenvalue weighted by Crippen LogP contribution is -2.31. The standard InChI is InChI=1S/C27H37N7O5S/c1-34(21-4-6-30-20(15-21)17-40)8-5-24(35)31-7-9-38-10-11-39-25-22(36-2)13-18(14-23(25)37-3)12-19-16-32-27(29)33-26(19)28/h4,6,13-16,40H,5,7-12,17H2,1-3H3,(H,31,35)(H4,28,29,32,33). The number of aromatic nitrogens is 3. The van der Waals surface area contributed by atoms with Gasteiger partial charge in [-0.25, -0.2) is 4.98 Å². The van der Waals surface area contributed by atoms with E-state index >= 15 is 0 Å². The molecule has 0 bridgehead atoms. The summed E-state index contributed by atoms with van der Waals surface area (Å²) in [6, 6.07) is 7.56. The molecule has 1 aromatic carbocycles. The number of nitrogens with one attached hydrogen (secondary N) is 1. The minimum atomic E-state index is -0.0444. The van der Waals surface area contributed by atoms with Gasteiger partial charge in [-0.3, -0.25) is 9.78 Å². The molecule has 5 N–H and O–H groups in total. The summed E-state index contributed by atoms with van der Waals surface area (Å²) in [6.45, 7) is 1.94. The minimum absolute atomic E-state index is 0.0444. The van der Waals surface area contributed by atoms with Crippen molar-refractivity contribution in [1.29, 1.82) is 0 Å². The fraction of sp³-hybridized carbons (Fsp3) is 0.407. The lowest BCUT2D eigenvalue weighted by molar-refractivity contribution is -0.121. The molecule has 0 unspecified atom stereocenters. The number of methoxy groups -OCH3 is 2. The third-order valence-corrected chi connectivity index (χ3v) is 6.28. The van der Waals surface area contributed by atoms with E-state index in [0.717, 1.165) is 22.5 Å². The molecule has 0 saturated heterocycles. The van der Waals surface area contributed by atoms with Gasteiger partial charge >= 0.3 is 0 Å². The molecule has 0 atom stereocenters. The number of nitrogens with zero attached hydrogens (tertiary/aromatic N) is 4. The van der Waals surface area contributed by atoms with Crippen LogP contribution in [-0.4, -0.2) is 75.0 Å². The van der Waals surface area contributed by atoms with Crippen molar-refractivity contribution in [1.82, 2.24) is 20.3 Å². The number of rotatable bonds is 16. The van der Waals surface area contributed by atoms with E-state index in [0.29, 0.717) is 68.0 Å². The summed E-state index contributed by atoms with van der Waals surface area (Å²) in [5.74, 6) is 2.45. The first kappa shape index (κ1) is 30.6. The molecule has 3 aromatic rings. The molecule has 0 aliphatic heterocycles. The van der Waals surface area contributed by atoms with E-state index < -0.39 is 0 Å². The number of nitrogens with two attached hydrogens (primary N) is 2. The molecule has 0 saturated carbocycles. The SMILES string of the molecule is COc1cc(Cc2cnc(N)nc2N)cc(OC)c1OCCOCCNC(=O)CCN(C)c1ccnc(CS)c1. The Morgan fingerprint density at radius 1 is 1.07 bits per heavy atom. The number of carbonyl (C=O) groups is 1. The molecular weight excluding hydrogens is 534 g/mol. The molecule has 2 aromatic heterocycles. The number of benzene rings is 1. The average Bonchev–Trinajstić information content (AvgIpc) is 2.96. The Kier molecular flexibility index (Phi) is 11.9. The lowest BCUT2D eigenvalue weighted by Gasteiger charge is -2.19. The van der Waals surface area contributed by atoms with Gasteiger partial charge in [0.15, 0.2) is 11.5 Å². The van der Waals surface area contributed by atoms with Gasteiger partial charge in [-0.1, -0.05) is 0 Å². The number of hydrogen-bond acceptors (Lipinski definition) is 12. The third-order valence-electron chi connectivity index (χ3n) is 5.95. The number of thiol groups is 1. The van der Waals surface area contributed by atoms with Gasteiger partial charge in [0.1, 0.15) is 12.4 Å². The second-order valence-electron chi connectivity index (χ2n) is 8.79. The Morgan fingerprint density at radius 2 is 1.82 bits per heavy atom. The number of anilines is 3. The highest BCUT2D eigenvalue weighted by molar-refractivity contribution is 7.79. The van der Waals surface area contributed by atoms with E-state index in [1.807, 2.05) is 36.2 Å². The molecule has 13 heteroatoms. The van der Waals surface area contributed by atoms with E-state index in [2.05, 4.69) is 32.9 Å². The van der Waals surface area contributed by atoms with Crippen molar-refractivity contribution < 1.29 is 23.7 Å². The van der Waals surface area contributed by atoms with E-state index in [-0.39, 0.29) is 18.5 Å². The molecule has 0 aliphatic rings. The number of hydrogen-bond donors (Lipinski definition) is 4. The van der Waals surface area contributed by atoms with Crippen molar-refractivity contribution in [2.75, 3.05) is 70.5 Å². The highest BCUT2D eigenvalue weighted by atomic mass is 32.1. The largest absolute Gasteiger partial charge is 0.493 e. The summed E-state index contributed by atoms with van der Waals surface area (Å²) < 4.78 is 22.6. The van der Waals surface area contributed by atoms with Crippen LogP contribution in [0, 0.1) is 0 Å². The zero-order chi connectivity index (χ0) is 28.9. The fourth-order valence-electron chi connectivity index (χ4n) is 3.81. The summed E-state index contributed by atoms with van der Waals surface area (Å²) >= 11 is 4.25. The van der Waals surface area contributed by atoms with E-state index in [1.165, 1.54) is 0 Å². The van der Waals surface area contributed by atoms with Gasteiger partial charge in [0.05, 0.1) is 33.1 Å².